The van der Waals surface area contributed by atoms with Crippen LogP contribution in [0.1, 0.15) is 10.4 Å². The lowest BCUT2D eigenvalue weighted by Gasteiger charge is -2.10. The normalized spacial score (nSPS) is 14.2. The van der Waals surface area contributed by atoms with E-state index >= 15 is 0 Å². The number of benzene rings is 1. The van der Waals surface area contributed by atoms with Gasteiger partial charge in [0.05, 0.1) is 4.92 Å². The molecule has 92 valence electrons. The molecule has 4 nitrogen and oxygen atoms in total. The molecule has 0 unspecified atom stereocenters. The van der Waals surface area contributed by atoms with E-state index in [0.717, 1.165) is 25.1 Å². The lowest BCUT2D eigenvalue weighted by atomic mass is 10.1. The van der Waals surface area contributed by atoms with Crippen molar-refractivity contribution in [1.29, 1.82) is 0 Å². The molecule has 1 aromatic carbocycles. The van der Waals surface area contributed by atoms with E-state index in [9.17, 15) is 10.1 Å². The van der Waals surface area contributed by atoms with Crippen LogP contribution in [0.5, 0.6) is 0 Å². The summed E-state index contributed by atoms with van der Waals surface area (Å²) in [5.74, 6) is 0. The van der Waals surface area contributed by atoms with Crippen molar-refractivity contribution in [3.8, 4) is 10.4 Å². The number of nitrogens with zero attached hydrogens (tertiary/aromatic N) is 1. The zero-order chi connectivity index (χ0) is 12.5. The Bertz CT molecular complexity index is 566. The number of non-ortho nitro benzene ring substituents is 1. The van der Waals surface area contributed by atoms with E-state index in [1.54, 1.807) is 23.5 Å². The van der Waals surface area contributed by atoms with Gasteiger partial charge in [0, 0.05) is 28.4 Å². The molecular weight excluding hydrogens is 248 g/mol. The molecule has 1 N–H and O–H groups in total. The summed E-state index contributed by atoms with van der Waals surface area (Å²) in [6.45, 7) is 1.97. The Kier molecular flexibility index (Phi) is 2.85. The van der Waals surface area contributed by atoms with E-state index < -0.39 is 0 Å². The average Bonchev–Trinajstić information content (AvgIpc) is 2.82. The Morgan fingerprint density at radius 2 is 2.06 bits per heavy atom. The Morgan fingerprint density at radius 1 is 1.28 bits per heavy atom. The quantitative estimate of drug-likeness (QED) is 0.667. The molecule has 18 heavy (non-hydrogen) atoms. The van der Waals surface area contributed by atoms with E-state index in [1.165, 1.54) is 15.3 Å². The minimum atomic E-state index is -0.368. The van der Waals surface area contributed by atoms with Crippen LogP contribution < -0.4 is 5.32 Å². The van der Waals surface area contributed by atoms with E-state index in [4.69, 9.17) is 0 Å². The molecule has 0 saturated heterocycles. The van der Waals surface area contributed by atoms with Gasteiger partial charge in [-0.15, -0.1) is 11.3 Å². The van der Waals surface area contributed by atoms with Crippen molar-refractivity contribution >= 4 is 17.0 Å². The van der Waals surface area contributed by atoms with Crippen LogP contribution in [0.25, 0.3) is 10.4 Å². The van der Waals surface area contributed by atoms with E-state index in [2.05, 4.69) is 11.4 Å². The molecule has 1 aliphatic rings. The smallest absolute Gasteiger partial charge is 0.269 e. The molecule has 3 rings (SSSR count). The first-order chi connectivity index (χ1) is 8.74. The van der Waals surface area contributed by atoms with Gasteiger partial charge in [0.25, 0.3) is 5.69 Å². The largest absolute Gasteiger partial charge is 0.312 e. The van der Waals surface area contributed by atoms with Crippen LogP contribution in [0.2, 0.25) is 0 Å². The molecule has 2 heterocycles. The first-order valence-electron chi connectivity index (χ1n) is 5.81. The van der Waals surface area contributed by atoms with Gasteiger partial charge < -0.3 is 5.32 Å². The molecule has 0 atom stereocenters. The third kappa shape index (κ3) is 2.02. The highest BCUT2D eigenvalue weighted by molar-refractivity contribution is 7.15. The standard InChI is InChI=1S/C13H12N2O2S/c16-15(17)11-3-1-9(2-4-11)12-7-10-5-6-14-8-13(10)18-12/h1-4,7,14H,5-6,8H2. The number of hydrogen-bond acceptors (Lipinski definition) is 4. The fourth-order valence-electron chi connectivity index (χ4n) is 2.14. The summed E-state index contributed by atoms with van der Waals surface area (Å²) in [6.07, 6.45) is 1.07. The van der Waals surface area contributed by atoms with Gasteiger partial charge in [0.15, 0.2) is 0 Å². The SMILES string of the molecule is O=[N+]([O-])c1ccc(-c2cc3c(s2)CNCC3)cc1. The number of nitrogens with one attached hydrogen (secondary N) is 1. The molecule has 2 aromatic rings. The van der Waals surface area contributed by atoms with Crippen LogP contribution in [0, 0.1) is 10.1 Å². The van der Waals surface area contributed by atoms with Crippen molar-refractivity contribution in [3.05, 3.63) is 50.9 Å². The average molecular weight is 260 g/mol. The lowest BCUT2D eigenvalue weighted by Crippen LogP contribution is -2.21. The van der Waals surface area contributed by atoms with E-state index in [0.29, 0.717) is 0 Å². The second kappa shape index (κ2) is 4.51. The molecule has 0 radical (unpaired) electrons. The third-order valence-electron chi connectivity index (χ3n) is 3.12. The molecule has 1 aromatic heterocycles. The molecule has 0 aliphatic carbocycles. The molecule has 0 spiro atoms. The van der Waals surface area contributed by atoms with E-state index in [-0.39, 0.29) is 10.6 Å². The molecule has 0 fully saturated rings. The minimum Gasteiger partial charge on any atom is -0.312 e. The summed E-state index contributed by atoms with van der Waals surface area (Å²) in [4.78, 5) is 12.8. The second-order valence-electron chi connectivity index (χ2n) is 4.29. The predicted molar refractivity (Wildman–Crippen MR) is 71.8 cm³/mol. The maximum Gasteiger partial charge on any atom is 0.269 e. The summed E-state index contributed by atoms with van der Waals surface area (Å²) in [5, 5.41) is 14.0. The van der Waals surface area contributed by atoms with Gasteiger partial charge in [-0.3, -0.25) is 10.1 Å². The summed E-state index contributed by atoms with van der Waals surface area (Å²) in [6, 6.07) is 8.98. The highest BCUT2D eigenvalue weighted by atomic mass is 32.1. The van der Waals surface area contributed by atoms with Crippen molar-refractivity contribution in [3.63, 3.8) is 0 Å². The molecule has 1 aliphatic heterocycles. The van der Waals surface area contributed by atoms with Crippen molar-refractivity contribution in [2.45, 2.75) is 13.0 Å². The van der Waals surface area contributed by atoms with Crippen molar-refractivity contribution in [2.75, 3.05) is 6.54 Å². The zero-order valence-corrected chi connectivity index (χ0v) is 10.5. The van der Waals surface area contributed by atoms with Crippen LogP contribution >= 0.6 is 11.3 Å². The summed E-state index contributed by atoms with van der Waals surface area (Å²) in [7, 11) is 0. The van der Waals surface area contributed by atoms with Crippen LogP contribution in [-0.2, 0) is 13.0 Å². The fourth-order valence-corrected chi connectivity index (χ4v) is 3.33. The number of thiophene rings is 1. The van der Waals surface area contributed by atoms with Gasteiger partial charge in [0.2, 0.25) is 0 Å². The summed E-state index contributed by atoms with van der Waals surface area (Å²) in [5.41, 5.74) is 2.61. The first-order valence-corrected chi connectivity index (χ1v) is 6.63. The van der Waals surface area contributed by atoms with Gasteiger partial charge >= 0.3 is 0 Å². The van der Waals surface area contributed by atoms with E-state index in [1.807, 2.05) is 12.1 Å². The Hall–Kier alpha value is -1.72. The number of rotatable bonds is 2. The van der Waals surface area contributed by atoms with Crippen molar-refractivity contribution in [2.24, 2.45) is 0 Å². The van der Waals surface area contributed by atoms with Gasteiger partial charge in [-0.1, -0.05) is 0 Å². The third-order valence-corrected chi connectivity index (χ3v) is 4.34. The maximum atomic E-state index is 10.6. The topological polar surface area (TPSA) is 55.2 Å². The fraction of sp³-hybridized carbons (Fsp3) is 0.231. The maximum absolute atomic E-state index is 10.6. The molecule has 0 saturated carbocycles. The van der Waals surface area contributed by atoms with Crippen LogP contribution in [0.3, 0.4) is 0 Å². The lowest BCUT2D eigenvalue weighted by molar-refractivity contribution is -0.384. The summed E-state index contributed by atoms with van der Waals surface area (Å²) < 4.78 is 0. The Labute approximate surface area is 108 Å². The van der Waals surface area contributed by atoms with Crippen molar-refractivity contribution < 1.29 is 4.92 Å². The van der Waals surface area contributed by atoms with Gasteiger partial charge in [-0.05, 0) is 42.3 Å². The molecule has 5 heteroatoms. The van der Waals surface area contributed by atoms with Crippen LogP contribution in [0.4, 0.5) is 5.69 Å². The predicted octanol–water partition coefficient (Wildman–Crippen LogP) is 2.97. The number of nitro groups is 1. The monoisotopic (exact) mass is 260 g/mol. The minimum absolute atomic E-state index is 0.140. The molecule has 0 bridgehead atoms. The Balaban J connectivity index is 1.94. The number of fused-ring (bicyclic) bond motifs is 1. The highest BCUT2D eigenvalue weighted by Crippen LogP contribution is 2.33. The Morgan fingerprint density at radius 3 is 2.72 bits per heavy atom. The number of nitro benzene ring substituents is 1. The molecule has 0 amide bonds. The summed E-state index contributed by atoms with van der Waals surface area (Å²) >= 11 is 1.77. The zero-order valence-electron chi connectivity index (χ0n) is 9.68. The van der Waals surface area contributed by atoms with Gasteiger partial charge in [0.1, 0.15) is 0 Å². The van der Waals surface area contributed by atoms with Gasteiger partial charge in [-0.2, -0.15) is 0 Å². The van der Waals surface area contributed by atoms with Gasteiger partial charge in [-0.25, -0.2) is 0 Å². The van der Waals surface area contributed by atoms with Crippen LogP contribution in [0.15, 0.2) is 30.3 Å². The second-order valence-corrected chi connectivity index (χ2v) is 5.43. The first kappa shape index (κ1) is 11.4. The molecular formula is C13H12N2O2S. The van der Waals surface area contributed by atoms with Crippen LogP contribution in [-0.4, -0.2) is 11.5 Å². The highest BCUT2D eigenvalue weighted by Gasteiger charge is 2.14. The number of hydrogen-bond donors (Lipinski definition) is 1. The van der Waals surface area contributed by atoms with Crippen molar-refractivity contribution in [1.82, 2.24) is 5.32 Å².